The lowest BCUT2D eigenvalue weighted by molar-refractivity contribution is -0.140. The van der Waals surface area contributed by atoms with E-state index in [0.29, 0.717) is 0 Å². The molecule has 0 unspecified atom stereocenters. The Morgan fingerprint density at radius 1 is 1.33 bits per heavy atom. The molecule has 2 aromatic rings. The monoisotopic (exact) mass is 242 g/mol. The molecule has 1 aromatic heterocycles. The standard InChI is InChI=1S/C14H14N2O2/c1-16-9-8-15-12(16)10-2-4-11(5-3-10)14(6-7-14)13(17)18/h2-5,8-9H,6-7H2,1H3,(H,17,18). The maximum Gasteiger partial charge on any atom is 0.314 e. The Kier molecular flexibility index (Phi) is 2.26. The van der Waals surface area contributed by atoms with Crippen LogP contribution >= 0.6 is 0 Å². The molecule has 92 valence electrons. The molecule has 18 heavy (non-hydrogen) atoms. The first kappa shape index (κ1) is 11.0. The molecule has 1 fully saturated rings. The zero-order chi connectivity index (χ0) is 12.8. The van der Waals surface area contributed by atoms with E-state index < -0.39 is 11.4 Å². The van der Waals surface area contributed by atoms with E-state index in [1.807, 2.05) is 42.1 Å². The van der Waals surface area contributed by atoms with Gasteiger partial charge >= 0.3 is 5.97 Å². The van der Waals surface area contributed by atoms with Gasteiger partial charge in [0.05, 0.1) is 5.41 Å². The molecule has 0 amide bonds. The summed E-state index contributed by atoms with van der Waals surface area (Å²) in [6.45, 7) is 0. The van der Waals surface area contributed by atoms with E-state index in [9.17, 15) is 9.90 Å². The molecule has 0 aliphatic heterocycles. The second-order valence-corrected chi connectivity index (χ2v) is 4.83. The largest absolute Gasteiger partial charge is 0.481 e. The van der Waals surface area contributed by atoms with E-state index in [4.69, 9.17) is 0 Å². The first-order chi connectivity index (χ1) is 8.63. The number of rotatable bonds is 3. The van der Waals surface area contributed by atoms with Crippen molar-refractivity contribution in [3.05, 3.63) is 42.2 Å². The lowest BCUT2D eigenvalue weighted by Crippen LogP contribution is -2.19. The molecule has 0 spiro atoms. The molecule has 0 atom stereocenters. The molecule has 0 saturated heterocycles. The molecule has 3 rings (SSSR count). The van der Waals surface area contributed by atoms with Crippen LogP contribution in [0.2, 0.25) is 0 Å². The predicted octanol–water partition coefficient (Wildman–Crippen LogP) is 2.20. The van der Waals surface area contributed by atoms with E-state index in [1.54, 1.807) is 6.20 Å². The average molecular weight is 242 g/mol. The van der Waals surface area contributed by atoms with E-state index in [-0.39, 0.29) is 0 Å². The van der Waals surface area contributed by atoms with Crippen LogP contribution in [-0.4, -0.2) is 20.6 Å². The van der Waals surface area contributed by atoms with Crippen LogP contribution in [0, 0.1) is 0 Å². The number of hydrogen-bond acceptors (Lipinski definition) is 2. The summed E-state index contributed by atoms with van der Waals surface area (Å²) in [6, 6.07) is 7.71. The highest BCUT2D eigenvalue weighted by molar-refractivity contribution is 5.85. The molecule has 0 bridgehead atoms. The maximum absolute atomic E-state index is 11.2. The predicted molar refractivity (Wildman–Crippen MR) is 67.2 cm³/mol. The molecule has 1 N–H and O–H groups in total. The average Bonchev–Trinajstić information content (AvgIpc) is 3.08. The zero-order valence-corrected chi connectivity index (χ0v) is 10.1. The smallest absolute Gasteiger partial charge is 0.314 e. The highest BCUT2D eigenvalue weighted by Crippen LogP contribution is 2.48. The molecule has 1 aromatic carbocycles. The van der Waals surface area contributed by atoms with Crippen molar-refractivity contribution in [1.29, 1.82) is 0 Å². The van der Waals surface area contributed by atoms with Crippen molar-refractivity contribution in [2.24, 2.45) is 7.05 Å². The Morgan fingerprint density at radius 3 is 2.44 bits per heavy atom. The molecule has 4 heteroatoms. The van der Waals surface area contributed by atoms with Crippen molar-refractivity contribution in [2.45, 2.75) is 18.3 Å². The van der Waals surface area contributed by atoms with Crippen LogP contribution in [0.4, 0.5) is 0 Å². The number of carboxylic acids is 1. The molecule has 1 heterocycles. The minimum atomic E-state index is -0.716. The summed E-state index contributed by atoms with van der Waals surface area (Å²) < 4.78 is 1.94. The number of nitrogens with zero attached hydrogens (tertiary/aromatic N) is 2. The van der Waals surface area contributed by atoms with Crippen molar-refractivity contribution >= 4 is 5.97 Å². The quantitative estimate of drug-likeness (QED) is 0.897. The second-order valence-electron chi connectivity index (χ2n) is 4.83. The van der Waals surface area contributed by atoms with Crippen molar-refractivity contribution in [1.82, 2.24) is 9.55 Å². The third-order valence-corrected chi connectivity index (χ3v) is 3.68. The fourth-order valence-corrected chi connectivity index (χ4v) is 2.33. The van der Waals surface area contributed by atoms with Gasteiger partial charge in [0.15, 0.2) is 0 Å². The number of aryl methyl sites for hydroxylation is 1. The first-order valence-corrected chi connectivity index (χ1v) is 5.95. The van der Waals surface area contributed by atoms with Gasteiger partial charge in [-0.15, -0.1) is 0 Å². The van der Waals surface area contributed by atoms with Crippen molar-refractivity contribution < 1.29 is 9.90 Å². The number of carbonyl (C=O) groups is 1. The fourth-order valence-electron chi connectivity index (χ4n) is 2.33. The number of aromatic nitrogens is 2. The van der Waals surface area contributed by atoms with Gasteiger partial charge in [0, 0.05) is 25.0 Å². The molecule has 1 saturated carbocycles. The Hall–Kier alpha value is -2.10. The van der Waals surface area contributed by atoms with Crippen molar-refractivity contribution in [3.63, 3.8) is 0 Å². The second kappa shape index (κ2) is 3.70. The van der Waals surface area contributed by atoms with Gasteiger partial charge in [-0.1, -0.05) is 24.3 Å². The number of carboxylic acid groups (broad SMARTS) is 1. The number of hydrogen-bond donors (Lipinski definition) is 1. The summed E-state index contributed by atoms with van der Waals surface area (Å²) >= 11 is 0. The highest BCUT2D eigenvalue weighted by atomic mass is 16.4. The van der Waals surface area contributed by atoms with Gasteiger partial charge in [-0.3, -0.25) is 4.79 Å². The van der Waals surface area contributed by atoms with E-state index in [2.05, 4.69) is 4.98 Å². The maximum atomic E-state index is 11.2. The summed E-state index contributed by atoms with van der Waals surface area (Å²) in [7, 11) is 1.94. The lowest BCUT2D eigenvalue weighted by atomic mass is 9.95. The van der Waals surface area contributed by atoms with Crippen LogP contribution in [0.1, 0.15) is 18.4 Å². The first-order valence-electron chi connectivity index (χ1n) is 5.95. The van der Waals surface area contributed by atoms with Gasteiger partial charge in [-0.25, -0.2) is 4.98 Å². The van der Waals surface area contributed by atoms with Crippen LogP contribution in [-0.2, 0) is 17.3 Å². The van der Waals surface area contributed by atoms with Gasteiger partial charge in [-0.05, 0) is 18.4 Å². The van der Waals surface area contributed by atoms with Crippen LogP contribution in [0.25, 0.3) is 11.4 Å². The Morgan fingerprint density at radius 2 is 2.00 bits per heavy atom. The van der Waals surface area contributed by atoms with Crippen LogP contribution in [0.5, 0.6) is 0 Å². The minimum absolute atomic E-state index is 0.625. The third-order valence-electron chi connectivity index (χ3n) is 3.68. The topological polar surface area (TPSA) is 55.1 Å². The van der Waals surface area contributed by atoms with Crippen molar-refractivity contribution in [2.75, 3.05) is 0 Å². The summed E-state index contributed by atoms with van der Waals surface area (Å²) in [5.74, 6) is 0.175. The Balaban J connectivity index is 1.95. The third kappa shape index (κ3) is 1.53. The number of benzene rings is 1. The Bertz CT molecular complexity index is 595. The van der Waals surface area contributed by atoms with E-state index in [0.717, 1.165) is 29.8 Å². The van der Waals surface area contributed by atoms with Gasteiger partial charge in [-0.2, -0.15) is 0 Å². The van der Waals surface area contributed by atoms with Crippen molar-refractivity contribution in [3.8, 4) is 11.4 Å². The molecule has 1 aliphatic rings. The summed E-state index contributed by atoms with van der Waals surface area (Å²) in [5, 5.41) is 9.24. The van der Waals surface area contributed by atoms with Gasteiger partial charge < -0.3 is 9.67 Å². The van der Waals surface area contributed by atoms with E-state index >= 15 is 0 Å². The summed E-state index contributed by atoms with van der Waals surface area (Å²) in [6.07, 6.45) is 5.12. The minimum Gasteiger partial charge on any atom is -0.481 e. The molecular weight excluding hydrogens is 228 g/mol. The Labute approximate surface area is 105 Å². The number of aliphatic carboxylic acids is 1. The molecule has 1 aliphatic carbocycles. The van der Waals surface area contributed by atoms with Crippen LogP contribution in [0.3, 0.4) is 0 Å². The number of imidazole rings is 1. The van der Waals surface area contributed by atoms with Gasteiger partial charge in [0.1, 0.15) is 5.82 Å². The van der Waals surface area contributed by atoms with E-state index in [1.165, 1.54) is 0 Å². The van der Waals surface area contributed by atoms with Crippen LogP contribution in [0.15, 0.2) is 36.7 Å². The van der Waals surface area contributed by atoms with Gasteiger partial charge in [0.25, 0.3) is 0 Å². The van der Waals surface area contributed by atoms with Crippen LogP contribution < -0.4 is 0 Å². The van der Waals surface area contributed by atoms with Gasteiger partial charge in [0.2, 0.25) is 0 Å². The molecule has 0 radical (unpaired) electrons. The zero-order valence-electron chi connectivity index (χ0n) is 10.1. The normalized spacial score (nSPS) is 16.5. The summed E-state index contributed by atoms with van der Waals surface area (Å²) in [4.78, 5) is 15.5. The lowest BCUT2D eigenvalue weighted by Gasteiger charge is -2.10. The summed E-state index contributed by atoms with van der Waals surface area (Å²) in [5.41, 5.74) is 1.28. The molecular formula is C14H14N2O2. The highest BCUT2D eigenvalue weighted by Gasteiger charge is 2.51. The molecule has 4 nitrogen and oxygen atoms in total. The SMILES string of the molecule is Cn1ccnc1-c1ccc(C2(C(=O)O)CC2)cc1. The fraction of sp³-hybridized carbons (Fsp3) is 0.286.